The number of hydrogen-bond acceptors (Lipinski definition) is 7. The van der Waals surface area contributed by atoms with E-state index in [1.165, 1.54) is 24.4 Å². The molecule has 2 aromatic heterocycles. The molecule has 2 heterocycles. The molecule has 2 aromatic carbocycles. The van der Waals surface area contributed by atoms with Gasteiger partial charge in [0, 0.05) is 70.1 Å². The fraction of sp³-hybridized carbons (Fsp3) is 0.0800. The van der Waals surface area contributed by atoms with Gasteiger partial charge in [0.25, 0.3) is 0 Å². The summed E-state index contributed by atoms with van der Waals surface area (Å²) < 4.78 is 44.4. The minimum atomic E-state index is -4.77. The van der Waals surface area contributed by atoms with E-state index in [2.05, 4.69) is 24.4 Å². The van der Waals surface area contributed by atoms with E-state index in [4.69, 9.17) is 5.73 Å². The summed E-state index contributed by atoms with van der Waals surface area (Å²) in [7, 11) is 1.63. The molecule has 4 N–H and O–H groups in total. The lowest BCUT2D eigenvalue weighted by atomic mass is 10.0. The number of pyridine rings is 1. The van der Waals surface area contributed by atoms with Crippen LogP contribution in [0.5, 0.6) is 5.75 Å². The highest BCUT2D eigenvalue weighted by atomic mass is 32.2. The number of halogens is 3. The van der Waals surface area contributed by atoms with Gasteiger partial charge in [0.2, 0.25) is 0 Å². The summed E-state index contributed by atoms with van der Waals surface area (Å²) in [6.07, 6.45) is 1.50. The van der Waals surface area contributed by atoms with Crippen molar-refractivity contribution in [3.05, 3.63) is 89.9 Å². The number of carbonyl (C=O) groups is 1. The van der Waals surface area contributed by atoms with Crippen LogP contribution in [0, 0.1) is 0 Å². The molecule has 11 heteroatoms. The molecule has 0 fully saturated rings. The van der Waals surface area contributed by atoms with Crippen molar-refractivity contribution in [3.8, 4) is 5.75 Å². The van der Waals surface area contributed by atoms with Crippen LogP contribution in [0.4, 0.5) is 18.9 Å². The fourth-order valence-electron chi connectivity index (χ4n) is 3.43. The number of ketones is 1. The molecule has 0 saturated heterocycles. The van der Waals surface area contributed by atoms with Crippen molar-refractivity contribution < 1.29 is 22.7 Å². The number of aromatic nitrogens is 2. The molecule has 36 heavy (non-hydrogen) atoms. The average molecular weight is 512 g/mol. The Bertz CT molecular complexity index is 1460. The summed E-state index contributed by atoms with van der Waals surface area (Å²) >= 11 is 1.09. The van der Waals surface area contributed by atoms with Gasteiger partial charge in [-0.25, -0.2) is 4.98 Å². The highest BCUT2D eigenvalue weighted by Gasteiger charge is 2.31. The number of aliphatic imine (C=N–C) groups is 1. The van der Waals surface area contributed by atoms with E-state index in [1.807, 2.05) is 6.07 Å². The number of fused-ring (bicyclic) bond motifs is 1. The lowest BCUT2D eigenvalue weighted by Gasteiger charge is -2.11. The first-order valence-corrected chi connectivity index (χ1v) is 11.3. The molecule has 4 aromatic rings. The summed E-state index contributed by atoms with van der Waals surface area (Å²) in [6, 6.07) is 14.2. The van der Waals surface area contributed by atoms with Gasteiger partial charge in [0.05, 0.1) is 0 Å². The maximum Gasteiger partial charge on any atom is 0.573 e. The minimum absolute atomic E-state index is 0.225. The van der Waals surface area contributed by atoms with Gasteiger partial charge in [0.1, 0.15) is 11.4 Å². The Morgan fingerprint density at radius 2 is 1.97 bits per heavy atom. The minimum Gasteiger partial charge on any atom is -0.406 e. The van der Waals surface area contributed by atoms with Crippen molar-refractivity contribution in [3.63, 3.8) is 0 Å². The average Bonchev–Trinajstić information content (AvgIpc) is 3.28. The second kappa shape index (κ2) is 10.6. The fourth-order valence-corrected chi connectivity index (χ4v) is 4.12. The number of nitrogens with two attached hydrogens (primary N) is 1. The predicted molar refractivity (Wildman–Crippen MR) is 135 cm³/mol. The van der Waals surface area contributed by atoms with Crippen LogP contribution in [0.3, 0.4) is 0 Å². The quantitative estimate of drug-likeness (QED) is 0.157. The largest absolute Gasteiger partial charge is 0.573 e. The second-order valence-electron chi connectivity index (χ2n) is 7.47. The van der Waals surface area contributed by atoms with Gasteiger partial charge in [-0.2, -0.15) is 0 Å². The first-order chi connectivity index (χ1) is 17.3. The number of nitrogens with one attached hydrogen (secondary N) is 2. The van der Waals surface area contributed by atoms with Crippen LogP contribution in [0.2, 0.25) is 0 Å². The molecule has 4 rings (SSSR count). The highest BCUT2D eigenvalue weighted by molar-refractivity contribution is 8.00. The van der Waals surface area contributed by atoms with Crippen molar-refractivity contribution in [2.75, 3.05) is 11.8 Å². The SMILES string of the molecule is CN=CC(=CN)c1cnc2[nH]cc(C(=O)c3cccc(NSc4cccc(OC(F)(F)F)c4)c3)c2c1. The van der Waals surface area contributed by atoms with Gasteiger partial charge in [-0.15, -0.1) is 13.2 Å². The number of nitrogens with zero attached hydrogens (tertiary/aromatic N) is 2. The molecular weight excluding hydrogens is 491 g/mol. The summed E-state index contributed by atoms with van der Waals surface area (Å²) in [4.78, 5) is 25.2. The van der Waals surface area contributed by atoms with Crippen molar-refractivity contribution in [1.29, 1.82) is 0 Å². The van der Waals surface area contributed by atoms with E-state index < -0.39 is 6.36 Å². The van der Waals surface area contributed by atoms with Crippen LogP contribution in [-0.2, 0) is 0 Å². The number of aromatic amines is 1. The number of H-pyrrole nitrogens is 1. The number of ether oxygens (including phenoxy) is 1. The molecule has 0 aliphatic rings. The zero-order chi connectivity index (χ0) is 25.7. The van der Waals surface area contributed by atoms with Crippen LogP contribution in [0.1, 0.15) is 21.5 Å². The first-order valence-electron chi connectivity index (χ1n) is 10.5. The number of hydrogen-bond donors (Lipinski definition) is 3. The van der Waals surface area contributed by atoms with Crippen molar-refractivity contribution in [1.82, 2.24) is 9.97 Å². The normalized spacial score (nSPS) is 12.3. The summed E-state index contributed by atoms with van der Waals surface area (Å²) in [5, 5.41) is 0.635. The lowest BCUT2D eigenvalue weighted by molar-refractivity contribution is -0.274. The monoisotopic (exact) mass is 511 g/mol. The van der Waals surface area contributed by atoms with Crippen molar-refractivity contribution in [2.24, 2.45) is 10.7 Å². The number of rotatable bonds is 8. The Labute approximate surface area is 208 Å². The molecule has 0 amide bonds. The topological polar surface area (TPSA) is 105 Å². The first kappa shape index (κ1) is 24.9. The summed E-state index contributed by atoms with van der Waals surface area (Å²) in [5.41, 5.74) is 9.09. The maximum atomic E-state index is 13.3. The Morgan fingerprint density at radius 3 is 2.72 bits per heavy atom. The van der Waals surface area contributed by atoms with E-state index in [9.17, 15) is 18.0 Å². The molecule has 0 unspecified atom stereocenters. The van der Waals surface area contributed by atoms with Crippen LogP contribution < -0.4 is 15.2 Å². The number of carbonyl (C=O) groups excluding carboxylic acids is 1. The molecule has 184 valence electrons. The molecule has 7 nitrogen and oxygen atoms in total. The molecule has 0 saturated carbocycles. The van der Waals surface area contributed by atoms with E-state index in [1.54, 1.807) is 56.0 Å². The number of allylic oxidation sites excluding steroid dienone is 1. The zero-order valence-electron chi connectivity index (χ0n) is 18.8. The van der Waals surface area contributed by atoms with Gasteiger partial charge in [-0.3, -0.25) is 9.79 Å². The Hall–Kier alpha value is -4.25. The van der Waals surface area contributed by atoms with Crippen LogP contribution in [0.25, 0.3) is 16.6 Å². The molecular formula is C25H20F3N5O2S. The Balaban J connectivity index is 1.54. The van der Waals surface area contributed by atoms with Crippen molar-refractivity contribution in [2.45, 2.75) is 11.3 Å². The Morgan fingerprint density at radius 1 is 1.17 bits per heavy atom. The molecule has 0 atom stereocenters. The van der Waals surface area contributed by atoms with Gasteiger partial charge in [-0.05, 0) is 48.3 Å². The smallest absolute Gasteiger partial charge is 0.406 e. The number of alkyl halides is 3. The zero-order valence-corrected chi connectivity index (χ0v) is 19.7. The van der Waals surface area contributed by atoms with Crippen LogP contribution in [0.15, 0.2) is 83.1 Å². The number of anilines is 1. The standard InChI is InChI=1S/C25H20F3N5O2S/c1-30-12-17(11-29)16-9-21-22(14-32-24(21)31-13-16)23(34)15-4-2-5-18(8-15)33-36-20-7-3-6-19(10-20)35-25(26,27)28/h2-14,33H,29H2,1H3,(H,31,32). The third-order valence-corrected chi connectivity index (χ3v) is 5.83. The van der Waals surface area contributed by atoms with E-state index in [-0.39, 0.29) is 11.5 Å². The van der Waals surface area contributed by atoms with E-state index in [0.717, 1.165) is 11.9 Å². The maximum absolute atomic E-state index is 13.3. The number of benzene rings is 2. The van der Waals surface area contributed by atoms with Gasteiger partial charge in [-0.1, -0.05) is 18.2 Å². The molecule has 0 aliphatic carbocycles. The highest BCUT2D eigenvalue weighted by Crippen LogP contribution is 2.29. The molecule has 0 aliphatic heterocycles. The predicted octanol–water partition coefficient (Wildman–Crippen LogP) is 5.81. The molecule has 0 spiro atoms. The van der Waals surface area contributed by atoms with E-state index in [0.29, 0.717) is 43.9 Å². The van der Waals surface area contributed by atoms with Crippen LogP contribution in [-0.4, -0.2) is 35.4 Å². The van der Waals surface area contributed by atoms with Crippen molar-refractivity contribution >= 4 is 46.2 Å². The third kappa shape index (κ3) is 5.87. The Kier molecular flexibility index (Phi) is 7.30. The molecule has 0 bridgehead atoms. The summed E-state index contributed by atoms with van der Waals surface area (Å²) in [5.74, 6) is -0.541. The second-order valence-corrected chi connectivity index (χ2v) is 8.35. The van der Waals surface area contributed by atoms with E-state index >= 15 is 0 Å². The lowest BCUT2D eigenvalue weighted by Crippen LogP contribution is -2.17. The summed E-state index contributed by atoms with van der Waals surface area (Å²) in [6.45, 7) is 0. The van der Waals surface area contributed by atoms with Gasteiger partial charge < -0.3 is 20.2 Å². The molecule has 0 radical (unpaired) electrons. The van der Waals surface area contributed by atoms with Gasteiger partial charge >= 0.3 is 6.36 Å². The van der Waals surface area contributed by atoms with Crippen LogP contribution >= 0.6 is 11.9 Å². The van der Waals surface area contributed by atoms with Gasteiger partial charge in [0.15, 0.2) is 5.78 Å². The third-order valence-electron chi connectivity index (χ3n) is 5.01.